The van der Waals surface area contributed by atoms with E-state index in [1.54, 1.807) is 37.4 Å². The van der Waals surface area contributed by atoms with Crippen molar-refractivity contribution in [1.29, 1.82) is 0 Å². The number of methoxy groups -OCH3 is 2. The Morgan fingerprint density at radius 2 is 1.17 bits per heavy atom. The molecule has 13 heteroatoms. The summed E-state index contributed by atoms with van der Waals surface area (Å²) < 4.78 is 11.3. The number of rotatable bonds is 6. The summed E-state index contributed by atoms with van der Waals surface area (Å²) in [7, 11) is 6.05. The zero-order valence-corrected chi connectivity index (χ0v) is 27.4. The van der Waals surface area contributed by atoms with Gasteiger partial charge in [-0.15, -0.1) is 0 Å². The second-order valence-corrected chi connectivity index (χ2v) is 10.2. The fraction of sp³-hybridized carbons (Fsp3) is 0.143. The molecule has 216 valence electrons. The first-order valence-electron chi connectivity index (χ1n) is 11.5. The summed E-state index contributed by atoms with van der Waals surface area (Å²) in [6, 6.07) is 20.9. The smallest absolute Gasteiger partial charge is 0.280 e. The summed E-state index contributed by atoms with van der Waals surface area (Å²) in [5.74, 6) is 0.815. The molecule has 0 aliphatic heterocycles. The van der Waals surface area contributed by atoms with Crippen molar-refractivity contribution >= 4 is 80.7 Å². The number of carbonyl (C=O) groups excluding carboxylic acids is 2. The quantitative estimate of drug-likeness (QED) is 0.0856. The van der Waals surface area contributed by atoms with Crippen molar-refractivity contribution in [3.05, 3.63) is 114 Å². The Morgan fingerprint density at radius 3 is 1.63 bits per heavy atom. The molecule has 4 aromatic rings. The Labute approximate surface area is 271 Å². The van der Waals surface area contributed by atoms with Gasteiger partial charge in [-0.2, -0.15) is 0 Å². The van der Waals surface area contributed by atoms with Gasteiger partial charge in [-0.25, -0.2) is 15.0 Å². The molecule has 0 radical (unpaired) electrons. The van der Waals surface area contributed by atoms with Crippen LogP contribution in [0.3, 0.4) is 0 Å². The number of ether oxygens (including phenoxy) is 2. The molecule has 2 heterocycles. The van der Waals surface area contributed by atoms with Gasteiger partial charge in [0.2, 0.25) is 0 Å². The lowest BCUT2D eigenvalue weighted by atomic mass is 10.0. The standard InChI is InChI=1S/C13H9Cl2NO2.C8H8Cl2N2O2.C7H7IO/c1-18-10-5-3-2-4-8(10)12(17)9-6-7-11(14)16-13(9)15;1-12(14-2)8(13)5-3-4-6(9)11-7(5)10;1-9-7-5-3-2-4-6(7)8/h2-7H,1H3;3-4H,1-2H3;2-5H,1H3. The molecule has 0 atom stereocenters. The zero-order valence-electron chi connectivity index (χ0n) is 22.2. The number of hydrogen-bond donors (Lipinski definition) is 0. The number of benzene rings is 2. The van der Waals surface area contributed by atoms with E-state index in [9.17, 15) is 9.59 Å². The van der Waals surface area contributed by atoms with E-state index >= 15 is 0 Å². The normalized spacial score (nSPS) is 9.88. The Kier molecular flexibility index (Phi) is 14.6. The van der Waals surface area contributed by atoms with Gasteiger partial charge in [-0.05, 0) is 71.1 Å². The van der Waals surface area contributed by atoms with E-state index in [1.165, 1.54) is 39.5 Å². The van der Waals surface area contributed by atoms with Crippen molar-refractivity contribution in [1.82, 2.24) is 15.0 Å². The highest BCUT2D eigenvalue weighted by Crippen LogP contribution is 2.25. The van der Waals surface area contributed by atoms with E-state index in [-0.39, 0.29) is 37.9 Å². The van der Waals surface area contributed by atoms with Gasteiger partial charge >= 0.3 is 0 Å². The predicted octanol–water partition coefficient (Wildman–Crippen LogP) is 7.95. The summed E-state index contributed by atoms with van der Waals surface area (Å²) in [5.41, 5.74) is 0.983. The molecule has 41 heavy (non-hydrogen) atoms. The van der Waals surface area contributed by atoms with Crippen LogP contribution in [0.5, 0.6) is 11.5 Å². The summed E-state index contributed by atoms with van der Waals surface area (Å²) in [5, 5.41) is 1.68. The molecule has 2 aromatic heterocycles. The van der Waals surface area contributed by atoms with Crippen LogP contribution in [0.4, 0.5) is 0 Å². The lowest BCUT2D eigenvalue weighted by Crippen LogP contribution is -2.25. The molecular weight excluding hydrogens is 727 g/mol. The third-order valence-electron chi connectivity index (χ3n) is 5.07. The van der Waals surface area contributed by atoms with E-state index in [1.807, 2.05) is 24.3 Å². The summed E-state index contributed by atoms with van der Waals surface area (Å²) in [6.07, 6.45) is 0. The molecule has 0 aliphatic carbocycles. The van der Waals surface area contributed by atoms with Crippen LogP contribution in [0.15, 0.2) is 72.8 Å². The Bertz CT molecular complexity index is 1490. The Hall–Kier alpha value is -2.67. The molecule has 0 saturated carbocycles. The minimum atomic E-state index is -0.373. The number of pyridine rings is 2. The van der Waals surface area contributed by atoms with Crippen LogP contribution < -0.4 is 9.47 Å². The average Bonchev–Trinajstić information content (AvgIpc) is 2.97. The largest absolute Gasteiger partial charge is 0.496 e. The van der Waals surface area contributed by atoms with Crippen LogP contribution >= 0.6 is 69.0 Å². The number of ketones is 1. The van der Waals surface area contributed by atoms with Crippen molar-refractivity contribution in [3.8, 4) is 11.5 Å². The van der Waals surface area contributed by atoms with Gasteiger partial charge < -0.3 is 9.47 Å². The van der Waals surface area contributed by atoms with Crippen LogP contribution in [0.1, 0.15) is 26.3 Å². The number of para-hydroxylation sites is 2. The van der Waals surface area contributed by atoms with E-state index < -0.39 is 0 Å². The van der Waals surface area contributed by atoms with Gasteiger partial charge in [-0.3, -0.25) is 14.4 Å². The first-order valence-corrected chi connectivity index (χ1v) is 14.1. The van der Waals surface area contributed by atoms with Crippen molar-refractivity contribution in [2.75, 3.05) is 28.4 Å². The van der Waals surface area contributed by atoms with Crippen molar-refractivity contribution in [3.63, 3.8) is 0 Å². The fourth-order valence-corrected chi connectivity index (χ4v) is 4.46. The number of hydroxylamine groups is 2. The molecule has 4 rings (SSSR count). The maximum Gasteiger partial charge on any atom is 0.280 e. The molecule has 0 unspecified atom stereocenters. The monoisotopic (exact) mass is 749 g/mol. The van der Waals surface area contributed by atoms with Crippen LogP contribution in [0, 0.1) is 3.57 Å². The van der Waals surface area contributed by atoms with Crippen molar-refractivity contribution in [2.45, 2.75) is 0 Å². The minimum absolute atomic E-state index is 0.0615. The van der Waals surface area contributed by atoms with Gasteiger partial charge in [0.25, 0.3) is 5.91 Å². The highest BCUT2D eigenvalue weighted by Gasteiger charge is 2.18. The van der Waals surface area contributed by atoms with Gasteiger partial charge in [-0.1, -0.05) is 70.7 Å². The molecule has 0 aliphatic rings. The van der Waals surface area contributed by atoms with E-state index in [0.717, 1.165) is 14.4 Å². The molecule has 1 amide bonds. The lowest BCUT2D eigenvalue weighted by Gasteiger charge is -2.13. The summed E-state index contributed by atoms with van der Waals surface area (Å²) in [6.45, 7) is 0. The minimum Gasteiger partial charge on any atom is -0.496 e. The highest BCUT2D eigenvalue weighted by atomic mass is 127. The van der Waals surface area contributed by atoms with Gasteiger partial charge in [0.05, 0.1) is 41.6 Å². The summed E-state index contributed by atoms with van der Waals surface area (Å²) in [4.78, 5) is 36.2. The number of amides is 1. The van der Waals surface area contributed by atoms with Crippen LogP contribution in [-0.4, -0.2) is 55.1 Å². The third kappa shape index (κ3) is 10.3. The van der Waals surface area contributed by atoms with Crippen LogP contribution in [0.25, 0.3) is 0 Å². The number of halogens is 5. The third-order valence-corrected chi connectivity index (χ3v) is 6.96. The first-order chi connectivity index (χ1) is 19.5. The SMILES string of the molecule is CON(C)C(=O)c1ccc(Cl)nc1Cl.COc1ccccc1C(=O)c1ccc(Cl)nc1Cl.COc1ccccc1I. The number of nitrogens with zero attached hydrogens (tertiary/aromatic N) is 3. The van der Waals surface area contributed by atoms with E-state index in [4.69, 9.17) is 60.7 Å². The number of aromatic nitrogens is 2. The van der Waals surface area contributed by atoms with Crippen LogP contribution in [-0.2, 0) is 4.84 Å². The Balaban J connectivity index is 0.000000228. The topological polar surface area (TPSA) is 90.8 Å². The maximum atomic E-state index is 12.3. The van der Waals surface area contributed by atoms with E-state index in [0.29, 0.717) is 16.9 Å². The first kappa shape index (κ1) is 34.5. The molecule has 8 nitrogen and oxygen atoms in total. The number of carbonyl (C=O) groups is 2. The zero-order chi connectivity index (χ0) is 30.5. The highest BCUT2D eigenvalue weighted by molar-refractivity contribution is 14.1. The molecule has 0 saturated heterocycles. The fourth-order valence-electron chi connectivity index (χ4n) is 2.99. The molecular formula is C28H24Cl4IN3O5. The molecule has 0 bridgehead atoms. The van der Waals surface area contributed by atoms with Crippen LogP contribution in [0.2, 0.25) is 20.6 Å². The summed E-state index contributed by atoms with van der Waals surface area (Å²) >= 11 is 25.2. The number of hydrogen-bond acceptors (Lipinski definition) is 7. The van der Waals surface area contributed by atoms with Gasteiger partial charge in [0, 0.05) is 7.05 Å². The Morgan fingerprint density at radius 1 is 0.683 bits per heavy atom. The predicted molar refractivity (Wildman–Crippen MR) is 170 cm³/mol. The molecule has 0 spiro atoms. The molecule has 2 aromatic carbocycles. The average molecular weight is 751 g/mol. The second-order valence-electron chi connectivity index (χ2n) is 7.59. The lowest BCUT2D eigenvalue weighted by molar-refractivity contribution is -0.0757. The molecule has 0 fully saturated rings. The van der Waals surface area contributed by atoms with Gasteiger partial charge in [0.15, 0.2) is 5.78 Å². The second kappa shape index (κ2) is 17.3. The molecule has 0 N–H and O–H groups in total. The maximum absolute atomic E-state index is 12.3. The van der Waals surface area contributed by atoms with Crippen molar-refractivity contribution < 1.29 is 23.9 Å². The van der Waals surface area contributed by atoms with Gasteiger partial charge in [0.1, 0.15) is 32.1 Å². The van der Waals surface area contributed by atoms with E-state index in [2.05, 4.69) is 32.6 Å². The van der Waals surface area contributed by atoms with Crippen molar-refractivity contribution in [2.24, 2.45) is 0 Å².